The predicted molar refractivity (Wildman–Crippen MR) is 102 cm³/mol. The van der Waals surface area contributed by atoms with Crippen LogP contribution in [0.3, 0.4) is 0 Å². The summed E-state index contributed by atoms with van der Waals surface area (Å²) < 4.78 is 18.8. The number of fused-ring (bicyclic) bond motifs is 1. The minimum absolute atomic E-state index is 0.359. The van der Waals surface area contributed by atoms with Gasteiger partial charge in [-0.25, -0.2) is 14.2 Å². The van der Waals surface area contributed by atoms with E-state index in [0.29, 0.717) is 22.9 Å². The lowest BCUT2D eigenvalue weighted by atomic mass is 10.3. The highest BCUT2D eigenvalue weighted by Gasteiger charge is 2.06. The van der Waals surface area contributed by atoms with Gasteiger partial charge >= 0.3 is 6.03 Å². The summed E-state index contributed by atoms with van der Waals surface area (Å²) in [6, 6.07) is 15.8. The maximum Gasteiger partial charge on any atom is 0.323 e. The van der Waals surface area contributed by atoms with Crippen LogP contribution in [0.5, 0.6) is 11.5 Å². The Kier molecular flexibility index (Phi) is 4.40. The SMILES string of the molecule is O=C(Nc1ccc(F)cc1)Nc1ccc(Oc2ccnc3[nH]ccc23)cc1. The smallest absolute Gasteiger partial charge is 0.323 e. The van der Waals surface area contributed by atoms with E-state index in [1.807, 2.05) is 6.07 Å². The van der Waals surface area contributed by atoms with Gasteiger partial charge < -0.3 is 20.4 Å². The topological polar surface area (TPSA) is 79.0 Å². The quantitative estimate of drug-likeness (QED) is 0.470. The highest BCUT2D eigenvalue weighted by atomic mass is 19.1. The molecule has 7 heteroatoms. The molecule has 2 heterocycles. The summed E-state index contributed by atoms with van der Waals surface area (Å²) >= 11 is 0. The number of halogens is 1. The van der Waals surface area contributed by atoms with Gasteiger partial charge in [0.05, 0.1) is 5.39 Å². The van der Waals surface area contributed by atoms with E-state index in [4.69, 9.17) is 4.74 Å². The molecule has 0 spiro atoms. The third-order valence-electron chi connectivity index (χ3n) is 3.86. The molecule has 27 heavy (non-hydrogen) atoms. The van der Waals surface area contributed by atoms with Gasteiger partial charge in [0.2, 0.25) is 0 Å². The molecule has 0 saturated heterocycles. The van der Waals surface area contributed by atoms with Crippen molar-refractivity contribution in [3.05, 3.63) is 78.9 Å². The Morgan fingerprint density at radius 2 is 1.59 bits per heavy atom. The zero-order chi connectivity index (χ0) is 18.6. The van der Waals surface area contributed by atoms with Gasteiger partial charge in [-0.15, -0.1) is 0 Å². The second-order valence-corrected chi connectivity index (χ2v) is 5.76. The van der Waals surface area contributed by atoms with E-state index in [2.05, 4.69) is 20.6 Å². The van der Waals surface area contributed by atoms with Crippen LogP contribution in [0.4, 0.5) is 20.6 Å². The van der Waals surface area contributed by atoms with E-state index in [-0.39, 0.29) is 5.82 Å². The van der Waals surface area contributed by atoms with Gasteiger partial charge in [0.1, 0.15) is 23.0 Å². The number of hydrogen-bond acceptors (Lipinski definition) is 3. The van der Waals surface area contributed by atoms with Gasteiger partial charge in [-0.1, -0.05) is 0 Å². The molecule has 4 rings (SSSR count). The van der Waals surface area contributed by atoms with E-state index >= 15 is 0 Å². The van der Waals surface area contributed by atoms with Crippen molar-refractivity contribution in [2.45, 2.75) is 0 Å². The highest BCUT2D eigenvalue weighted by molar-refractivity contribution is 5.99. The summed E-state index contributed by atoms with van der Waals surface area (Å²) in [6.45, 7) is 0. The number of hydrogen-bond donors (Lipinski definition) is 3. The number of amides is 2. The molecule has 0 atom stereocenters. The molecule has 0 radical (unpaired) electrons. The Morgan fingerprint density at radius 1 is 0.926 bits per heavy atom. The number of H-pyrrole nitrogens is 1. The monoisotopic (exact) mass is 362 g/mol. The zero-order valence-corrected chi connectivity index (χ0v) is 14.1. The zero-order valence-electron chi connectivity index (χ0n) is 14.1. The molecule has 4 aromatic rings. The molecular weight excluding hydrogens is 347 g/mol. The number of nitrogens with zero attached hydrogens (tertiary/aromatic N) is 1. The van der Waals surface area contributed by atoms with Crippen LogP contribution in [-0.2, 0) is 0 Å². The third-order valence-corrected chi connectivity index (χ3v) is 3.86. The van der Waals surface area contributed by atoms with Crippen molar-refractivity contribution in [1.29, 1.82) is 0 Å². The van der Waals surface area contributed by atoms with Crippen molar-refractivity contribution < 1.29 is 13.9 Å². The number of ether oxygens (including phenoxy) is 1. The first-order valence-corrected chi connectivity index (χ1v) is 8.21. The predicted octanol–water partition coefficient (Wildman–Crippen LogP) is 5.14. The van der Waals surface area contributed by atoms with Crippen LogP contribution < -0.4 is 15.4 Å². The van der Waals surface area contributed by atoms with Crippen molar-refractivity contribution in [2.75, 3.05) is 10.6 Å². The number of aromatic nitrogens is 2. The molecule has 0 aliphatic carbocycles. The average molecular weight is 362 g/mol. The standard InChI is InChI=1S/C20H15FN4O2/c21-13-1-3-14(4-2-13)24-20(26)25-15-5-7-16(8-6-15)27-18-10-12-23-19-17(18)9-11-22-19/h1-12H,(H,22,23)(H2,24,25,26). The van der Waals surface area contributed by atoms with Crippen molar-refractivity contribution in [2.24, 2.45) is 0 Å². The summed E-state index contributed by atoms with van der Waals surface area (Å²) in [6.07, 6.45) is 3.47. The first-order chi connectivity index (χ1) is 13.2. The number of anilines is 2. The van der Waals surface area contributed by atoms with Crippen molar-refractivity contribution in [3.63, 3.8) is 0 Å². The van der Waals surface area contributed by atoms with Crippen molar-refractivity contribution >= 4 is 28.4 Å². The molecule has 2 amide bonds. The molecule has 0 bridgehead atoms. The Morgan fingerprint density at radius 3 is 2.30 bits per heavy atom. The number of rotatable bonds is 4. The van der Waals surface area contributed by atoms with Gasteiger partial charge in [0.25, 0.3) is 0 Å². The summed E-state index contributed by atoms with van der Waals surface area (Å²) in [4.78, 5) is 19.3. The molecule has 0 aliphatic rings. The van der Waals surface area contributed by atoms with Gasteiger partial charge in [-0.05, 0) is 60.7 Å². The van der Waals surface area contributed by atoms with Crippen LogP contribution in [0, 0.1) is 5.82 Å². The number of carbonyl (C=O) groups is 1. The number of benzene rings is 2. The van der Waals surface area contributed by atoms with E-state index in [1.165, 1.54) is 24.3 Å². The lowest BCUT2D eigenvalue weighted by molar-refractivity contribution is 0.262. The number of pyridine rings is 1. The molecule has 0 unspecified atom stereocenters. The molecule has 2 aromatic carbocycles. The molecule has 3 N–H and O–H groups in total. The Labute approximate surface area is 154 Å². The van der Waals surface area contributed by atoms with E-state index < -0.39 is 6.03 Å². The van der Waals surface area contributed by atoms with Gasteiger partial charge in [0.15, 0.2) is 0 Å². The van der Waals surface area contributed by atoms with Crippen LogP contribution in [0.15, 0.2) is 73.1 Å². The molecule has 6 nitrogen and oxygen atoms in total. The van der Waals surface area contributed by atoms with Gasteiger partial charge in [-0.2, -0.15) is 0 Å². The summed E-state index contributed by atoms with van der Waals surface area (Å²) in [7, 11) is 0. The van der Waals surface area contributed by atoms with Crippen LogP contribution in [0.2, 0.25) is 0 Å². The first-order valence-electron chi connectivity index (χ1n) is 8.21. The first kappa shape index (κ1) is 16.6. The fraction of sp³-hybridized carbons (Fsp3) is 0. The minimum atomic E-state index is -0.418. The number of aromatic amines is 1. The van der Waals surface area contributed by atoms with Crippen LogP contribution >= 0.6 is 0 Å². The van der Waals surface area contributed by atoms with Gasteiger partial charge in [0, 0.05) is 23.8 Å². The fourth-order valence-corrected chi connectivity index (χ4v) is 2.58. The van der Waals surface area contributed by atoms with Crippen molar-refractivity contribution in [1.82, 2.24) is 9.97 Å². The number of nitrogens with one attached hydrogen (secondary N) is 3. The number of carbonyl (C=O) groups excluding carboxylic acids is 1. The van der Waals surface area contributed by atoms with E-state index in [1.54, 1.807) is 42.7 Å². The molecule has 2 aromatic heterocycles. The maximum atomic E-state index is 12.9. The fourth-order valence-electron chi connectivity index (χ4n) is 2.58. The molecule has 134 valence electrons. The minimum Gasteiger partial charge on any atom is -0.457 e. The maximum absolute atomic E-state index is 12.9. The Balaban J connectivity index is 1.40. The second-order valence-electron chi connectivity index (χ2n) is 5.76. The second kappa shape index (κ2) is 7.17. The largest absolute Gasteiger partial charge is 0.457 e. The van der Waals surface area contributed by atoms with Crippen LogP contribution in [0.25, 0.3) is 11.0 Å². The molecule has 0 fully saturated rings. The van der Waals surface area contributed by atoms with Crippen LogP contribution in [0.1, 0.15) is 0 Å². The molecule has 0 saturated carbocycles. The third kappa shape index (κ3) is 3.87. The van der Waals surface area contributed by atoms with Gasteiger partial charge in [-0.3, -0.25) is 0 Å². The lowest BCUT2D eigenvalue weighted by Gasteiger charge is -2.10. The van der Waals surface area contributed by atoms with E-state index in [9.17, 15) is 9.18 Å². The molecular formula is C20H15FN4O2. The lowest BCUT2D eigenvalue weighted by Crippen LogP contribution is -2.19. The summed E-state index contributed by atoms with van der Waals surface area (Å²) in [5.41, 5.74) is 1.86. The number of urea groups is 1. The molecule has 0 aliphatic heterocycles. The Bertz CT molecular complexity index is 1080. The average Bonchev–Trinajstić information content (AvgIpc) is 3.15. The Hall–Kier alpha value is -3.87. The van der Waals surface area contributed by atoms with Crippen LogP contribution in [-0.4, -0.2) is 16.0 Å². The van der Waals surface area contributed by atoms with Crippen molar-refractivity contribution in [3.8, 4) is 11.5 Å². The van der Waals surface area contributed by atoms with E-state index in [0.717, 1.165) is 11.0 Å². The summed E-state index contributed by atoms with van der Waals surface area (Å²) in [5.74, 6) is 0.965. The highest BCUT2D eigenvalue weighted by Crippen LogP contribution is 2.28. The summed E-state index contributed by atoms with van der Waals surface area (Å²) in [5, 5.41) is 6.23. The normalized spacial score (nSPS) is 10.6.